The van der Waals surface area contributed by atoms with E-state index in [9.17, 15) is 14.4 Å². The molecule has 2 atom stereocenters. The highest BCUT2D eigenvalue weighted by molar-refractivity contribution is 5.89. The van der Waals surface area contributed by atoms with Gasteiger partial charge in [-0.15, -0.1) is 0 Å². The normalized spacial score (nSPS) is 19.7. The van der Waals surface area contributed by atoms with Gasteiger partial charge in [0.15, 0.2) is 18.5 Å². The molecule has 1 fully saturated rings. The van der Waals surface area contributed by atoms with E-state index < -0.39 is 36.4 Å². The van der Waals surface area contributed by atoms with Crippen LogP contribution in [0.25, 0.3) is 0 Å². The van der Waals surface area contributed by atoms with Gasteiger partial charge in [0.1, 0.15) is 6.61 Å². The maximum Gasteiger partial charge on any atom is 0.339 e. The van der Waals surface area contributed by atoms with Gasteiger partial charge in [-0.1, -0.05) is 18.2 Å². The average Bonchev–Trinajstić information content (AvgIpc) is 3.09. The van der Waals surface area contributed by atoms with Crippen molar-refractivity contribution < 1.29 is 38.1 Å². The lowest BCUT2D eigenvalue weighted by Crippen LogP contribution is -2.40. The molecule has 1 heterocycles. The molecule has 0 amide bonds. The third kappa shape index (κ3) is 6.99. The third-order valence-electron chi connectivity index (χ3n) is 3.62. The van der Waals surface area contributed by atoms with Gasteiger partial charge in [0.2, 0.25) is 0 Å². The number of carbonyl (C=O) groups excluding carboxylic acids is 3. The Morgan fingerprint density at radius 1 is 0.931 bits per heavy atom. The predicted octanol–water partition coefficient (Wildman–Crippen LogP) is 2.41. The lowest BCUT2D eigenvalue weighted by molar-refractivity contribution is -0.167. The van der Waals surface area contributed by atoms with Gasteiger partial charge in [-0.3, -0.25) is 0 Å². The standard InChI is InChI=1S/C21H26O8/c1-13(2)26-20(23)17-18(21(24)27-14(3)4)29-16(28-17)11-8-12-25-19(22)15-9-6-5-7-10-15/h5-11,13-14,16-18H,12H2,1-4H3/b11-8+/t17-,18-/m0/s1. The van der Waals surface area contributed by atoms with E-state index >= 15 is 0 Å². The van der Waals surface area contributed by atoms with E-state index in [4.69, 9.17) is 23.7 Å². The van der Waals surface area contributed by atoms with Crippen molar-refractivity contribution in [3.8, 4) is 0 Å². The van der Waals surface area contributed by atoms with Crippen molar-refractivity contribution in [1.82, 2.24) is 0 Å². The van der Waals surface area contributed by atoms with E-state index in [0.717, 1.165) is 0 Å². The van der Waals surface area contributed by atoms with Gasteiger partial charge in [-0.25, -0.2) is 14.4 Å². The second-order valence-corrected chi connectivity index (χ2v) is 6.85. The van der Waals surface area contributed by atoms with Crippen molar-refractivity contribution >= 4 is 17.9 Å². The minimum atomic E-state index is -1.25. The van der Waals surface area contributed by atoms with Crippen LogP contribution in [-0.4, -0.2) is 55.2 Å². The first kappa shape index (κ1) is 22.6. The van der Waals surface area contributed by atoms with E-state index in [1.54, 1.807) is 58.0 Å². The molecule has 0 saturated carbocycles. The van der Waals surface area contributed by atoms with Crippen LogP contribution < -0.4 is 0 Å². The van der Waals surface area contributed by atoms with Crippen LogP contribution in [0.5, 0.6) is 0 Å². The van der Waals surface area contributed by atoms with E-state index in [1.807, 2.05) is 0 Å². The predicted molar refractivity (Wildman–Crippen MR) is 102 cm³/mol. The highest BCUT2D eigenvalue weighted by Crippen LogP contribution is 2.23. The fourth-order valence-corrected chi connectivity index (χ4v) is 2.46. The van der Waals surface area contributed by atoms with Gasteiger partial charge in [0, 0.05) is 0 Å². The highest BCUT2D eigenvalue weighted by Gasteiger charge is 2.46. The van der Waals surface area contributed by atoms with Crippen LogP contribution in [0.4, 0.5) is 0 Å². The molecule has 0 radical (unpaired) electrons. The Morgan fingerprint density at radius 2 is 1.45 bits per heavy atom. The molecule has 1 aliphatic heterocycles. The molecule has 8 heteroatoms. The molecule has 0 spiro atoms. The number of rotatable bonds is 8. The number of carbonyl (C=O) groups is 3. The Balaban J connectivity index is 1.94. The van der Waals surface area contributed by atoms with Crippen LogP contribution in [-0.2, 0) is 33.3 Å². The van der Waals surface area contributed by atoms with Gasteiger partial charge >= 0.3 is 17.9 Å². The van der Waals surface area contributed by atoms with Crippen LogP contribution in [0.15, 0.2) is 42.5 Å². The summed E-state index contributed by atoms with van der Waals surface area (Å²) in [7, 11) is 0. The molecule has 8 nitrogen and oxygen atoms in total. The van der Waals surface area contributed by atoms with Gasteiger partial charge < -0.3 is 23.7 Å². The molecular formula is C21H26O8. The lowest BCUT2D eigenvalue weighted by atomic mass is 10.2. The van der Waals surface area contributed by atoms with Crippen LogP contribution >= 0.6 is 0 Å². The van der Waals surface area contributed by atoms with Crippen molar-refractivity contribution in [3.63, 3.8) is 0 Å². The summed E-state index contributed by atoms with van der Waals surface area (Å²) in [6.45, 7) is 6.72. The maximum absolute atomic E-state index is 12.2. The van der Waals surface area contributed by atoms with Gasteiger partial charge in [-0.05, 0) is 52.0 Å². The van der Waals surface area contributed by atoms with Gasteiger partial charge in [0.25, 0.3) is 0 Å². The molecule has 0 aromatic heterocycles. The fraction of sp³-hybridized carbons (Fsp3) is 0.476. The molecule has 0 N–H and O–H groups in total. The van der Waals surface area contributed by atoms with Crippen LogP contribution in [0.3, 0.4) is 0 Å². The van der Waals surface area contributed by atoms with Crippen LogP contribution in [0, 0.1) is 0 Å². The van der Waals surface area contributed by atoms with Crippen molar-refractivity contribution in [2.45, 2.75) is 58.4 Å². The van der Waals surface area contributed by atoms with Crippen molar-refractivity contribution in [1.29, 1.82) is 0 Å². The average molecular weight is 406 g/mol. The number of esters is 3. The molecule has 158 valence electrons. The number of hydrogen-bond donors (Lipinski definition) is 0. The molecule has 1 aromatic carbocycles. The molecule has 1 saturated heterocycles. The second-order valence-electron chi connectivity index (χ2n) is 6.85. The van der Waals surface area contributed by atoms with Crippen molar-refractivity contribution in [2.24, 2.45) is 0 Å². The molecular weight excluding hydrogens is 380 g/mol. The van der Waals surface area contributed by atoms with Crippen LogP contribution in [0.1, 0.15) is 38.1 Å². The zero-order chi connectivity index (χ0) is 21.4. The highest BCUT2D eigenvalue weighted by atomic mass is 16.8. The Kier molecular flexibility index (Phi) is 8.35. The van der Waals surface area contributed by atoms with Crippen molar-refractivity contribution in [3.05, 3.63) is 48.0 Å². The Bertz CT molecular complexity index is 695. The third-order valence-corrected chi connectivity index (χ3v) is 3.62. The van der Waals surface area contributed by atoms with E-state index in [-0.39, 0.29) is 18.8 Å². The first-order chi connectivity index (χ1) is 13.8. The summed E-state index contributed by atoms with van der Waals surface area (Å²) in [5.74, 6) is -1.89. The molecule has 1 aromatic rings. The summed E-state index contributed by atoms with van der Waals surface area (Å²) < 4.78 is 26.4. The molecule has 0 unspecified atom stereocenters. The summed E-state index contributed by atoms with van der Waals surface area (Å²) >= 11 is 0. The molecule has 1 aliphatic rings. The number of benzene rings is 1. The summed E-state index contributed by atoms with van der Waals surface area (Å²) in [6.07, 6.45) is -1.27. The largest absolute Gasteiger partial charge is 0.461 e. The van der Waals surface area contributed by atoms with E-state index in [0.29, 0.717) is 5.56 Å². The number of ether oxygens (including phenoxy) is 5. The molecule has 2 rings (SSSR count). The molecule has 0 bridgehead atoms. The van der Waals surface area contributed by atoms with E-state index in [2.05, 4.69) is 0 Å². The quantitative estimate of drug-likeness (QED) is 0.369. The smallest absolute Gasteiger partial charge is 0.339 e. The van der Waals surface area contributed by atoms with Gasteiger partial charge in [-0.2, -0.15) is 0 Å². The Hall–Kier alpha value is -2.71. The zero-order valence-corrected chi connectivity index (χ0v) is 16.9. The second kappa shape index (κ2) is 10.7. The summed E-state index contributed by atoms with van der Waals surface area (Å²) in [5, 5.41) is 0. The zero-order valence-electron chi connectivity index (χ0n) is 16.9. The fourth-order valence-electron chi connectivity index (χ4n) is 2.46. The monoisotopic (exact) mass is 406 g/mol. The van der Waals surface area contributed by atoms with E-state index in [1.165, 1.54) is 12.2 Å². The minimum Gasteiger partial charge on any atom is -0.461 e. The first-order valence-electron chi connectivity index (χ1n) is 9.38. The molecule has 29 heavy (non-hydrogen) atoms. The van der Waals surface area contributed by atoms with Crippen LogP contribution in [0.2, 0.25) is 0 Å². The summed E-state index contributed by atoms with van der Waals surface area (Å²) in [6, 6.07) is 8.56. The molecule has 0 aliphatic carbocycles. The summed E-state index contributed by atoms with van der Waals surface area (Å²) in [5.41, 5.74) is 0.433. The minimum absolute atomic E-state index is 0.0286. The van der Waals surface area contributed by atoms with Gasteiger partial charge in [0.05, 0.1) is 17.8 Å². The lowest BCUT2D eigenvalue weighted by Gasteiger charge is -2.17. The Morgan fingerprint density at radius 3 is 1.93 bits per heavy atom. The maximum atomic E-state index is 12.2. The van der Waals surface area contributed by atoms with Crippen molar-refractivity contribution in [2.75, 3.05) is 6.61 Å². The topological polar surface area (TPSA) is 97.4 Å². The number of hydrogen-bond acceptors (Lipinski definition) is 8. The summed E-state index contributed by atoms with van der Waals surface area (Å²) in [4.78, 5) is 36.4. The SMILES string of the molecule is CC(C)OC(=O)[C@H]1OC(/C=C/COC(=O)c2ccccc2)O[C@@H]1C(=O)OC(C)C. The first-order valence-corrected chi connectivity index (χ1v) is 9.38. The Labute approximate surface area is 169 Å².